The molecule has 0 spiro atoms. The lowest BCUT2D eigenvalue weighted by atomic mass is 10.1. The van der Waals surface area contributed by atoms with Crippen LogP contribution in [0.1, 0.15) is 54.0 Å². The van der Waals surface area contributed by atoms with Crippen molar-refractivity contribution >= 4 is 0 Å². The number of hydrogen-bond donors (Lipinski definition) is 0. The highest BCUT2D eigenvalue weighted by molar-refractivity contribution is 5.26. The highest BCUT2D eigenvalue weighted by Crippen LogP contribution is 2.27. The maximum atomic E-state index is 13.7. The van der Waals surface area contributed by atoms with Crippen LogP contribution in [0.4, 0.5) is 0 Å². The molecule has 0 bridgehead atoms. The van der Waals surface area contributed by atoms with E-state index in [9.17, 15) is 4.79 Å². The molecule has 0 saturated heterocycles. The number of methoxy groups -OCH3 is 1. The van der Waals surface area contributed by atoms with E-state index in [1.54, 1.807) is 7.11 Å². The van der Waals surface area contributed by atoms with Crippen molar-refractivity contribution in [2.45, 2.75) is 51.7 Å². The number of rotatable bonds is 11. The lowest BCUT2D eigenvalue weighted by Crippen LogP contribution is -2.39. The molecule has 186 valence electrons. The minimum atomic E-state index is -0.0145. The predicted molar refractivity (Wildman–Crippen MR) is 137 cm³/mol. The summed E-state index contributed by atoms with van der Waals surface area (Å²) >= 11 is 0. The van der Waals surface area contributed by atoms with Crippen LogP contribution in [0.2, 0.25) is 0 Å². The molecule has 1 aliphatic carbocycles. The highest BCUT2D eigenvalue weighted by Gasteiger charge is 2.28. The molecule has 1 aliphatic rings. The van der Waals surface area contributed by atoms with Crippen molar-refractivity contribution in [3.05, 3.63) is 81.3 Å². The summed E-state index contributed by atoms with van der Waals surface area (Å²) in [7, 11) is 5.72. The van der Waals surface area contributed by atoms with Crippen molar-refractivity contribution in [2.24, 2.45) is 0 Å². The fourth-order valence-corrected chi connectivity index (χ4v) is 4.76. The molecule has 0 saturated carbocycles. The molecule has 0 N–H and O–H groups in total. The van der Waals surface area contributed by atoms with Gasteiger partial charge in [-0.25, -0.2) is 15.0 Å². The fourth-order valence-electron chi connectivity index (χ4n) is 4.76. The van der Waals surface area contributed by atoms with E-state index in [0.29, 0.717) is 19.1 Å². The van der Waals surface area contributed by atoms with Crippen LogP contribution in [-0.4, -0.2) is 63.6 Å². The number of nitrogens with zero attached hydrogens (tertiary/aromatic N) is 6. The van der Waals surface area contributed by atoms with Gasteiger partial charge < -0.3 is 9.64 Å². The molecule has 2 aromatic heterocycles. The van der Waals surface area contributed by atoms with Crippen LogP contribution in [0, 0.1) is 0 Å². The Morgan fingerprint density at radius 1 is 1.06 bits per heavy atom. The molecule has 35 heavy (non-hydrogen) atoms. The first kappa shape index (κ1) is 25.0. The van der Waals surface area contributed by atoms with Gasteiger partial charge in [0.2, 0.25) is 0 Å². The maximum absolute atomic E-state index is 13.7. The van der Waals surface area contributed by atoms with Crippen LogP contribution in [0.5, 0.6) is 6.01 Å². The van der Waals surface area contributed by atoms with Gasteiger partial charge in [-0.1, -0.05) is 37.3 Å². The van der Waals surface area contributed by atoms with Gasteiger partial charge in [-0.15, -0.1) is 0 Å². The summed E-state index contributed by atoms with van der Waals surface area (Å²) < 4.78 is 7.05. The molecule has 4 rings (SSSR count). The summed E-state index contributed by atoms with van der Waals surface area (Å²) in [6.07, 6.45) is 7.16. The minimum absolute atomic E-state index is 0.0145. The Labute approximate surface area is 207 Å². The first-order valence-electron chi connectivity index (χ1n) is 12.4. The van der Waals surface area contributed by atoms with E-state index in [0.717, 1.165) is 67.0 Å². The summed E-state index contributed by atoms with van der Waals surface area (Å²) in [5, 5.41) is 0. The number of aryl methyl sites for hydroxylation is 1. The third kappa shape index (κ3) is 5.94. The molecule has 0 amide bonds. The Kier molecular flexibility index (Phi) is 8.25. The molecule has 2 heterocycles. The Bertz CT molecular complexity index is 1160. The monoisotopic (exact) mass is 476 g/mol. The Morgan fingerprint density at radius 3 is 2.46 bits per heavy atom. The van der Waals surface area contributed by atoms with Crippen molar-refractivity contribution < 1.29 is 4.74 Å². The topological polar surface area (TPSA) is 76.4 Å². The lowest BCUT2D eigenvalue weighted by Gasteiger charge is -2.33. The summed E-state index contributed by atoms with van der Waals surface area (Å²) in [5.41, 5.74) is 4.09. The van der Waals surface area contributed by atoms with Crippen LogP contribution in [0.15, 0.2) is 47.5 Å². The van der Waals surface area contributed by atoms with Crippen LogP contribution in [-0.2, 0) is 25.9 Å². The SMILES string of the molecule is CCC(c1nc2c(c(=O)n1Cc1ccccc1)CCC2)N(CCN(C)C)Cc1cnc(OC)nc1. The van der Waals surface area contributed by atoms with E-state index >= 15 is 0 Å². The van der Waals surface area contributed by atoms with E-state index in [1.165, 1.54) is 0 Å². The van der Waals surface area contributed by atoms with E-state index in [-0.39, 0.29) is 11.6 Å². The fraction of sp³-hybridized carbons (Fsp3) is 0.481. The summed E-state index contributed by atoms with van der Waals surface area (Å²) in [5.74, 6) is 0.857. The average molecular weight is 477 g/mol. The number of aromatic nitrogens is 4. The molecule has 0 aliphatic heterocycles. The van der Waals surface area contributed by atoms with Crippen molar-refractivity contribution in [3.63, 3.8) is 0 Å². The first-order valence-corrected chi connectivity index (χ1v) is 12.4. The average Bonchev–Trinajstić information content (AvgIpc) is 3.35. The van der Waals surface area contributed by atoms with Crippen molar-refractivity contribution in [2.75, 3.05) is 34.3 Å². The van der Waals surface area contributed by atoms with Gasteiger partial charge >= 0.3 is 6.01 Å². The number of hydrogen-bond acceptors (Lipinski definition) is 7. The highest BCUT2D eigenvalue weighted by atomic mass is 16.5. The van der Waals surface area contributed by atoms with Crippen molar-refractivity contribution in [1.82, 2.24) is 29.3 Å². The minimum Gasteiger partial charge on any atom is -0.467 e. The molecule has 1 aromatic carbocycles. The van der Waals surface area contributed by atoms with Gasteiger partial charge in [0.25, 0.3) is 5.56 Å². The zero-order valence-electron chi connectivity index (χ0n) is 21.3. The molecule has 0 radical (unpaired) electrons. The lowest BCUT2D eigenvalue weighted by molar-refractivity contribution is 0.154. The molecule has 8 heteroatoms. The standard InChI is InChI=1S/C27H36N6O2/c1-5-24(32(15-14-31(2)3)18-21-16-28-27(35-4)29-17-21)25-30-23-13-9-12-22(23)26(34)33(25)19-20-10-7-6-8-11-20/h6-8,10-11,16-17,24H,5,9,12-15,18-19H2,1-4H3. The van der Waals surface area contributed by atoms with Gasteiger partial charge in [0.1, 0.15) is 5.82 Å². The third-order valence-electron chi connectivity index (χ3n) is 6.61. The zero-order valence-corrected chi connectivity index (χ0v) is 21.3. The smallest absolute Gasteiger partial charge is 0.316 e. The largest absolute Gasteiger partial charge is 0.467 e. The second-order valence-corrected chi connectivity index (χ2v) is 9.40. The Hall–Kier alpha value is -3.10. The molecule has 1 atom stereocenters. The van der Waals surface area contributed by atoms with Gasteiger partial charge in [-0.3, -0.25) is 14.3 Å². The number of fused-ring (bicyclic) bond motifs is 1. The predicted octanol–water partition coefficient (Wildman–Crippen LogP) is 3.09. The van der Waals surface area contributed by atoms with Gasteiger partial charge in [0.15, 0.2) is 0 Å². The summed E-state index contributed by atoms with van der Waals surface area (Å²) in [6.45, 7) is 5.08. The second kappa shape index (κ2) is 11.6. The van der Waals surface area contributed by atoms with Crippen molar-refractivity contribution in [3.8, 4) is 6.01 Å². The molecule has 3 aromatic rings. The first-order chi connectivity index (χ1) is 17.0. The quantitative estimate of drug-likeness (QED) is 0.421. The number of likely N-dealkylation sites (N-methyl/N-ethyl adjacent to an activating group) is 1. The molecular weight excluding hydrogens is 440 g/mol. The van der Waals surface area contributed by atoms with Gasteiger partial charge in [0, 0.05) is 43.2 Å². The Balaban J connectivity index is 1.75. The van der Waals surface area contributed by atoms with Crippen molar-refractivity contribution in [1.29, 1.82) is 0 Å². The van der Waals surface area contributed by atoms with E-state index in [2.05, 4.69) is 52.9 Å². The second-order valence-electron chi connectivity index (χ2n) is 9.40. The van der Waals surface area contributed by atoms with Crippen LogP contribution in [0.3, 0.4) is 0 Å². The van der Waals surface area contributed by atoms with E-state index in [4.69, 9.17) is 9.72 Å². The van der Waals surface area contributed by atoms with Gasteiger partial charge in [-0.05, 0) is 45.3 Å². The normalized spacial score (nSPS) is 13.9. The zero-order chi connectivity index (χ0) is 24.8. The van der Waals surface area contributed by atoms with Crippen LogP contribution >= 0.6 is 0 Å². The van der Waals surface area contributed by atoms with E-state index < -0.39 is 0 Å². The van der Waals surface area contributed by atoms with Crippen LogP contribution < -0.4 is 10.3 Å². The number of benzene rings is 1. The summed E-state index contributed by atoms with van der Waals surface area (Å²) in [4.78, 5) is 32.0. The Morgan fingerprint density at radius 2 is 1.80 bits per heavy atom. The van der Waals surface area contributed by atoms with Gasteiger partial charge in [0.05, 0.1) is 25.4 Å². The molecular formula is C27H36N6O2. The number of ether oxygens (including phenoxy) is 1. The summed E-state index contributed by atoms with van der Waals surface area (Å²) in [6, 6.07) is 10.5. The van der Waals surface area contributed by atoms with Crippen LogP contribution in [0.25, 0.3) is 0 Å². The molecule has 1 unspecified atom stereocenters. The third-order valence-corrected chi connectivity index (χ3v) is 6.61. The molecule has 0 fully saturated rings. The van der Waals surface area contributed by atoms with Gasteiger partial charge in [-0.2, -0.15) is 0 Å². The molecule has 8 nitrogen and oxygen atoms in total. The van der Waals surface area contributed by atoms with E-state index in [1.807, 2.05) is 35.2 Å². The maximum Gasteiger partial charge on any atom is 0.316 e.